The first-order chi connectivity index (χ1) is 8.47. The maximum atomic E-state index is 8.75. The molecule has 0 radical (unpaired) electrons. The van der Waals surface area contributed by atoms with Gasteiger partial charge in [-0.1, -0.05) is 31.8 Å². The largest absolute Gasteiger partial charge is 0.409 e. The summed E-state index contributed by atoms with van der Waals surface area (Å²) in [6.07, 6.45) is 7.46. The Morgan fingerprint density at radius 1 is 1.39 bits per heavy atom. The topological polar surface area (TPSA) is 61.8 Å². The summed E-state index contributed by atoms with van der Waals surface area (Å²) >= 11 is 0. The Balaban J connectivity index is 2.36. The average molecular weight is 255 g/mol. The van der Waals surface area contributed by atoms with E-state index in [2.05, 4.69) is 17.0 Å². The second kappa shape index (κ2) is 6.98. The van der Waals surface area contributed by atoms with Gasteiger partial charge in [-0.05, 0) is 45.7 Å². The number of hydrogen-bond acceptors (Lipinski definition) is 3. The summed E-state index contributed by atoms with van der Waals surface area (Å²) in [7, 11) is 0. The van der Waals surface area contributed by atoms with Gasteiger partial charge in [-0.2, -0.15) is 0 Å². The van der Waals surface area contributed by atoms with Crippen LogP contribution in [0, 0.1) is 5.41 Å². The third-order valence-electron chi connectivity index (χ3n) is 4.24. The van der Waals surface area contributed by atoms with Crippen molar-refractivity contribution in [1.82, 2.24) is 4.90 Å². The lowest BCUT2D eigenvalue weighted by Gasteiger charge is -2.29. The van der Waals surface area contributed by atoms with Crippen molar-refractivity contribution in [2.24, 2.45) is 16.3 Å². The van der Waals surface area contributed by atoms with Gasteiger partial charge in [0.2, 0.25) is 0 Å². The first kappa shape index (κ1) is 15.3. The van der Waals surface area contributed by atoms with Crippen LogP contribution in [-0.2, 0) is 0 Å². The smallest absolute Gasteiger partial charge is 0.144 e. The molecule has 1 aliphatic heterocycles. The highest BCUT2D eigenvalue weighted by atomic mass is 16.4. The van der Waals surface area contributed by atoms with E-state index in [-0.39, 0.29) is 5.41 Å². The van der Waals surface area contributed by atoms with E-state index in [1.165, 1.54) is 32.2 Å². The number of nitrogens with zero attached hydrogens (tertiary/aromatic N) is 2. The van der Waals surface area contributed by atoms with Crippen molar-refractivity contribution in [2.45, 2.75) is 65.3 Å². The molecule has 0 bridgehead atoms. The maximum Gasteiger partial charge on any atom is 0.144 e. The fourth-order valence-corrected chi connectivity index (χ4v) is 2.65. The molecule has 106 valence electrons. The SMILES string of the molecule is CC1CCCCCN1CCCC(C)(C)C(N)=NO. The van der Waals surface area contributed by atoms with Crippen LogP contribution in [0.4, 0.5) is 0 Å². The highest BCUT2D eigenvalue weighted by Gasteiger charge is 2.24. The first-order valence-electron chi connectivity index (χ1n) is 7.19. The van der Waals surface area contributed by atoms with Crippen LogP contribution in [0.2, 0.25) is 0 Å². The summed E-state index contributed by atoms with van der Waals surface area (Å²) < 4.78 is 0. The van der Waals surface area contributed by atoms with Crippen LogP contribution in [0.15, 0.2) is 5.16 Å². The van der Waals surface area contributed by atoms with Gasteiger partial charge in [0.1, 0.15) is 5.84 Å². The number of oxime groups is 1. The second-order valence-corrected chi connectivity index (χ2v) is 6.21. The molecule has 0 aliphatic carbocycles. The van der Waals surface area contributed by atoms with E-state index in [1.54, 1.807) is 0 Å². The lowest BCUT2D eigenvalue weighted by atomic mass is 9.86. The summed E-state index contributed by atoms with van der Waals surface area (Å²) in [6, 6.07) is 0.708. The van der Waals surface area contributed by atoms with E-state index in [0.29, 0.717) is 11.9 Å². The molecule has 1 saturated heterocycles. The number of likely N-dealkylation sites (tertiary alicyclic amines) is 1. The molecule has 18 heavy (non-hydrogen) atoms. The zero-order chi connectivity index (χ0) is 13.6. The van der Waals surface area contributed by atoms with Gasteiger partial charge in [0.05, 0.1) is 0 Å². The molecule has 0 amide bonds. The number of hydrogen-bond donors (Lipinski definition) is 2. The van der Waals surface area contributed by atoms with Crippen molar-refractivity contribution >= 4 is 5.84 Å². The first-order valence-corrected chi connectivity index (χ1v) is 7.19. The highest BCUT2D eigenvalue weighted by molar-refractivity contribution is 5.85. The second-order valence-electron chi connectivity index (χ2n) is 6.21. The third kappa shape index (κ3) is 4.48. The standard InChI is InChI=1S/C14H29N3O/c1-12-8-5-4-6-10-17(12)11-7-9-14(2,3)13(15)16-18/h12,18H,4-11H2,1-3H3,(H2,15,16). The molecule has 4 heteroatoms. The molecule has 1 fully saturated rings. The summed E-state index contributed by atoms with van der Waals surface area (Å²) in [6.45, 7) is 8.76. The van der Waals surface area contributed by atoms with Crippen LogP contribution in [0.5, 0.6) is 0 Å². The zero-order valence-electron chi connectivity index (χ0n) is 12.2. The van der Waals surface area contributed by atoms with Gasteiger partial charge >= 0.3 is 0 Å². The van der Waals surface area contributed by atoms with Crippen LogP contribution in [0.3, 0.4) is 0 Å². The summed E-state index contributed by atoms with van der Waals surface area (Å²) in [5, 5.41) is 11.9. The Morgan fingerprint density at radius 2 is 2.11 bits per heavy atom. The number of amidine groups is 1. The van der Waals surface area contributed by atoms with Gasteiger partial charge < -0.3 is 15.8 Å². The third-order valence-corrected chi connectivity index (χ3v) is 4.24. The van der Waals surface area contributed by atoms with Crippen LogP contribution < -0.4 is 5.73 Å². The van der Waals surface area contributed by atoms with Gasteiger partial charge in [0, 0.05) is 11.5 Å². The Morgan fingerprint density at radius 3 is 2.78 bits per heavy atom. The summed E-state index contributed by atoms with van der Waals surface area (Å²) in [5.41, 5.74) is 5.50. The Kier molecular flexibility index (Phi) is 5.93. The van der Waals surface area contributed by atoms with Gasteiger partial charge in [0.25, 0.3) is 0 Å². The highest BCUT2D eigenvalue weighted by Crippen LogP contribution is 2.24. The maximum absolute atomic E-state index is 8.75. The Labute approximate surface area is 111 Å². The fraction of sp³-hybridized carbons (Fsp3) is 0.929. The monoisotopic (exact) mass is 255 g/mol. The fourth-order valence-electron chi connectivity index (χ4n) is 2.65. The van der Waals surface area contributed by atoms with E-state index < -0.39 is 0 Å². The van der Waals surface area contributed by atoms with Gasteiger partial charge in [-0.25, -0.2) is 0 Å². The molecule has 4 nitrogen and oxygen atoms in total. The minimum atomic E-state index is -0.205. The molecular weight excluding hydrogens is 226 g/mol. The molecular formula is C14H29N3O. The predicted molar refractivity (Wildman–Crippen MR) is 75.9 cm³/mol. The molecule has 0 aromatic rings. The van der Waals surface area contributed by atoms with Crippen LogP contribution in [-0.4, -0.2) is 35.1 Å². The molecule has 1 unspecified atom stereocenters. The van der Waals surface area contributed by atoms with Crippen LogP contribution in [0.1, 0.15) is 59.3 Å². The van der Waals surface area contributed by atoms with Crippen LogP contribution in [0.25, 0.3) is 0 Å². The van der Waals surface area contributed by atoms with Crippen molar-refractivity contribution in [3.05, 3.63) is 0 Å². The van der Waals surface area contributed by atoms with Crippen LogP contribution >= 0.6 is 0 Å². The summed E-state index contributed by atoms with van der Waals surface area (Å²) in [4.78, 5) is 2.59. The van der Waals surface area contributed by atoms with E-state index in [1.807, 2.05) is 13.8 Å². The molecule has 0 aromatic carbocycles. The van der Waals surface area contributed by atoms with Gasteiger partial charge in [-0.3, -0.25) is 0 Å². The van der Waals surface area contributed by atoms with Gasteiger partial charge in [0.15, 0.2) is 0 Å². The predicted octanol–water partition coefficient (Wildman–Crippen LogP) is 2.80. The van der Waals surface area contributed by atoms with E-state index in [9.17, 15) is 0 Å². The molecule has 1 aliphatic rings. The molecule has 1 rings (SSSR count). The lowest BCUT2D eigenvalue weighted by molar-refractivity contribution is 0.202. The molecule has 0 spiro atoms. The summed E-state index contributed by atoms with van der Waals surface area (Å²) in [5.74, 6) is 0.339. The average Bonchev–Trinajstić information content (AvgIpc) is 2.53. The quantitative estimate of drug-likeness (QED) is 0.344. The number of rotatable bonds is 5. The normalized spacial score (nSPS) is 23.9. The molecule has 0 aromatic heterocycles. The Bertz CT molecular complexity index is 276. The molecule has 0 saturated carbocycles. The molecule has 1 atom stereocenters. The zero-order valence-corrected chi connectivity index (χ0v) is 12.2. The van der Waals surface area contributed by atoms with Crippen molar-refractivity contribution in [2.75, 3.05) is 13.1 Å². The van der Waals surface area contributed by atoms with E-state index >= 15 is 0 Å². The van der Waals surface area contributed by atoms with Crippen molar-refractivity contribution in [3.8, 4) is 0 Å². The minimum absolute atomic E-state index is 0.205. The Hall–Kier alpha value is -0.770. The molecule has 1 heterocycles. The van der Waals surface area contributed by atoms with Crippen molar-refractivity contribution in [1.29, 1.82) is 0 Å². The number of nitrogens with two attached hydrogens (primary N) is 1. The molecule has 3 N–H and O–H groups in total. The van der Waals surface area contributed by atoms with E-state index in [4.69, 9.17) is 10.9 Å². The lowest BCUT2D eigenvalue weighted by Crippen LogP contribution is -2.36. The van der Waals surface area contributed by atoms with Crippen molar-refractivity contribution < 1.29 is 5.21 Å². The van der Waals surface area contributed by atoms with Gasteiger partial charge in [-0.15, -0.1) is 0 Å². The minimum Gasteiger partial charge on any atom is -0.409 e. The van der Waals surface area contributed by atoms with E-state index in [0.717, 1.165) is 19.4 Å². The van der Waals surface area contributed by atoms with Crippen molar-refractivity contribution in [3.63, 3.8) is 0 Å².